The largest absolute Gasteiger partial charge is 0.374 e. The molecule has 0 aliphatic carbocycles. The molecule has 0 amide bonds. The van der Waals surface area contributed by atoms with Gasteiger partial charge >= 0.3 is 0 Å². The first-order valence-corrected chi connectivity index (χ1v) is 5.50. The predicted molar refractivity (Wildman–Crippen MR) is 64.1 cm³/mol. The van der Waals surface area contributed by atoms with E-state index in [1.54, 1.807) is 0 Å². The molecule has 1 N–H and O–H groups in total. The third-order valence-electron chi connectivity index (χ3n) is 2.42. The minimum absolute atomic E-state index is 0.546. The molecule has 3 nitrogen and oxygen atoms in total. The maximum atomic E-state index is 5.33. The Morgan fingerprint density at radius 2 is 2.00 bits per heavy atom. The Kier molecular flexibility index (Phi) is 3.37. The molecule has 3 heteroatoms. The fraction of sp³-hybridized carbons (Fsp3) is 0.308. The Labute approximate surface area is 95.5 Å². The normalized spacial score (nSPS) is 10.6. The van der Waals surface area contributed by atoms with Gasteiger partial charge in [0.05, 0.1) is 5.69 Å². The van der Waals surface area contributed by atoms with E-state index in [2.05, 4.69) is 22.1 Å². The Morgan fingerprint density at radius 3 is 2.69 bits per heavy atom. The second-order valence-electron chi connectivity index (χ2n) is 3.66. The smallest absolute Gasteiger partial charge is 0.133 e. The molecule has 0 unspecified atom stereocenters. The average molecular weight is 216 g/mol. The number of ether oxygens (including phenoxy) is 1. The van der Waals surface area contributed by atoms with E-state index >= 15 is 0 Å². The fourth-order valence-electron chi connectivity index (χ4n) is 1.67. The first-order chi connectivity index (χ1) is 7.81. The summed E-state index contributed by atoms with van der Waals surface area (Å²) in [5.74, 6) is 0.887. The summed E-state index contributed by atoms with van der Waals surface area (Å²) in [6.07, 6.45) is 0. The van der Waals surface area contributed by atoms with E-state index in [4.69, 9.17) is 4.74 Å². The minimum atomic E-state index is 0.546. The van der Waals surface area contributed by atoms with Crippen LogP contribution >= 0.6 is 0 Å². The van der Waals surface area contributed by atoms with Crippen LogP contribution in [0.5, 0.6) is 0 Å². The zero-order chi connectivity index (χ0) is 11.4. The Bertz CT molecular complexity index is 448. The molecule has 0 bridgehead atoms. The van der Waals surface area contributed by atoms with E-state index < -0.39 is 0 Å². The molecular weight excluding hydrogens is 200 g/mol. The van der Waals surface area contributed by atoms with Crippen LogP contribution in [0.3, 0.4) is 0 Å². The van der Waals surface area contributed by atoms with Crippen molar-refractivity contribution in [3.05, 3.63) is 41.9 Å². The zero-order valence-corrected chi connectivity index (χ0v) is 9.66. The third-order valence-corrected chi connectivity index (χ3v) is 2.42. The molecule has 0 aliphatic heterocycles. The zero-order valence-electron chi connectivity index (χ0n) is 9.66. The topological polar surface area (TPSA) is 37.9 Å². The molecule has 0 saturated carbocycles. The maximum Gasteiger partial charge on any atom is 0.133 e. The summed E-state index contributed by atoms with van der Waals surface area (Å²) in [7, 11) is 0. The number of hydrogen-bond donors (Lipinski definition) is 1. The van der Waals surface area contributed by atoms with Gasteiger partial charge < -0.3 is 9.72 Å². The van der Waals surface area contributed by atoms with E-state index in [0.29, 0.717) is 13.2 Å². The van der Waals surface area contributed by atoms with Crippen molar-refractivity contribution in [3.8, 4) is 11.3 Å². The van der Waals surface area contributed by atoms with Gasteiger partial charge in [-0.05, 0) is 13.8 Å². The molecule has 0 saturated heterocycles. The Morgan fingerprint density at radius 1 is 1.25 bits per heavy atom. The first kappa shape index (κ1) is 10.9. The molecule has 16 heavy (non-hydrogen) atoms. The Balaban J connectivity index is 2.25. The van der Waals surface area contributed by atoms with Crippen molar-refractivity contribution in [2.24, 2.45) is 0 Å². The van der Waals surface area contributed by atoms with Crippen molar-refractivity contribution in [2.75, 3.05) is 6.61 Å². The van der Waals surface area contributed by atoms with Gasteiger partial charge in [-0.15, -0.1) is 0 Å². The first-order valence-electron chi connectivity index (χ1n) is 5.50. The lowest BCUT2D eigenvalue weighted by Crippen LogP contribution is -1.93. The summed E-state index contributed by atoms with van der Waals surface area (Å²) < 4.78 is 5.33. The van der Waals surface area contributed by atoms with Crippen LogP contribution < -0.4 is 0 Å². The number of nitrogens with zero attached hydrogens (tertiary/aromatic N) is 1. The monoisotopic (exact) mass is 216 g/mol. The lowest BCUT2D eigenvalue weighted by molar-refractivity contribution is 0.129. The van der Waals surface area contributed by atoms with Gasteiger partial charge in [-0.25, -0.2) is 4.98 Å². The lowest BCUT2D eigenvalue weighted by Gasteiger charge is -1.96. The Hall–Kier alpha value is -1.61. The summed E-state index contributed by atoms with van der Waals surface area (Å²) in [6.45, 7) is 5.27. The molecule has 0 spiro atoms. The lowest BCUT2D eigenvalue weighted by atomic mass is 10.1. The summed E-state index contributed by atoms with van der Waals surface area (Å²) in [5, 5.41) is 0. The molecule has 1 aromatic heterocycles. The number of benzene rings is 1. The van der Waals surface area contributed by atoms with Gasteiger partial charge in [-0.3, -0.25) is 0 Å². The number of aromatic nitrogens is 2. The number of aryl methyl sites for hydroxylation is 1. The van der Waals surface area contributed by atoms with Crippen LogP contribution in [0, 0.1) is 6.92 Å². The number of nitrogens with one attached hydrogen (secondary N) is 1. The van der Waals surface area contributed by atoms with Gasteiger partial charge in [0.2, 0.25) is 0 Å². The molecule has 2 rings (SSSR count). The van der Waals surface area contributed by atoms with Crippen LogP contribution in [0.4, 0.5) is 0 Å². The summed E-state index contributed by atoms with van der Waals surface area (Å²) in [5.41, 5.74) is 3.23. The number of aromatic amines is 1. The van der Waals surface area contributed by atoms with E-state index in [1.807, 2.05) is 32.0 Å². The second kappa shape index (κ2) is 4.94. The van der Waals surface area contributed by atoms with Gasteiger partial charge in [0, 0.05) is 17.9 Å². The SMILES string of the molecule is CCOCc1nc(-c2ccccc2)c(C)[nH]1. The van der Waals surface area contributed by atoms with Crippen molar-refractivity contribution in [1.29, 1.82) is 0 Å². The average Bonchev–Trinajstić information content (AvgIpc) is 2.69. The van der Waals surface area contributed by atoms with E-state index in [9.17, 15) is 0 Å². The van der Waals surface area contributed by atoms with Crippen molar-refractivity contribution in [2.45, 2.75) is 20.5 Å². The van der Waals surface area contributed by atoms with Crippen molar-refractivity contribution < 1.29 is 4.74 Å². The maximum absolute atomic E-state index is 5.33. The molecular formula is C13H16N2O. The van der Waals surface area contributed by atoms with Gasteiger partial charge in [-0.1, -0.05) is 30.3 Å². The van der Waals surface area contributed by atoms with E-state index in [1.165, 1.54) is 0 Å². The number of H-pyrrole nitrogens is 1. The molecule has 0 radical (unpaired) electrons. The van der Waals surface area contributed by atoms with Crippen LogP contribution in [-0.4, -0.2) is 16.6 Å². The highest BCUT2D eigenvalue weighted by molar-refractivity contribution is 5.61. The fourth-order valence-corrected chi connectivity index (χ4v) is 1.67. The molecule has 0 aliphatic rings. The molecule has 1 aromatic carbocycles. The van der Waals surface area contributed by atoms with Crippen LogP contribution in [0.2, 0.25) is 0 Å². The van der Waals surface area contributed by atoms with Crippen molar-refractivity contribution in [3.63, 3.8) is 0 Å². The summed E-state index contributed by atoms with van der Waals surface area (Å²) in [6, 6.07) is 10.2. The molecule has 0 atom stereocenters. The molecule has 84 valence electrons. The quantitative estimate of drug-likeness (QED) is 0.853. The molecule has 2 aromatic rings. The summed E-state index contributed by atoms with van der Waals surface area (Å²) in [4.78, 5) is 7.78. The highest BCUT2D eigenvalue weighted by atomic mass is 16.5. The third kappa shape index (κ3) is 2.31. The van der Waals surface area contributed by atoms with Crippen molar-refractivity contribution >= 4 is 0 Å². The highest BCUT2D eigenvalue weighted by Gasteiger charge is 2.07. The van der Waals surface area contributed by atoms with Gasteiger partial charge in [0.15, 0.2) is 0 Å². The number of imidazole rings is 1. The molecule has 1 heterocycles. The second-order valence-corrected chi connectivity index (χ2v) is 3.66. The van der Waals surface area contributed by atoms with Crippen LogP contribution in [0.1, 0.15) is 18.4 Å². The predicted octanol–water partition coefficient (Wildman–Crippen LogP) is 2.92. The highest BCUT2D eigenvalue weighted by Crippen LogP contribution is 2.20. The van der Waals surface area contributed by atoms with E-state index in [0.717, 1.165) is 22.8 Å². The van der Waals surface area contributed by atoms with Crippen LogP contribution in [-0.2, 0) is 11.3 Å². The van der Waals surface area contributed by atoms with Gasteiger partial charge in [0.25, 0.3) is 0 Å². The number of rotatable bonds is 4. The van der Waals surface area contributed by atoms with Crippen molar-refractivity contribution in [1.82, 2.24) is 9.97 Å². The minimum Gasteiger partial charge on any atom is -0.374 e. The summed E-state index contributed by atoms with van der Waals surface area (Å²) >= 11 is 0. The van der Waals surface area contributed by atoms with Crippen LogP contribution in [0.25, 0.3) is 11.3 Å². The van der Waals surface area contributed by atoms with Gasteiger partial charge in [-0.2, -0.15) is 0 Å². The molecule has 0 fully saturated rings. The van der Waals surface area contributed by atoms with E-state index in [-0.39, 0.29) is 0 Å². The van der Waals surface area contributed by atoms with Gasteiger partial charge in [0.1, 0.15) is 12.4 Å². The number of hydrogen-bond acceptors (Lipinski definition) is 2. The standard InChI is InChI=1S/C13H16N2O/c1-3-16-9-12-14-10(2)13(15-12)11-7-5-4-6-8-11/h4-8H,3,9H2,1-2H3,(H,14,15). The van der Waals surface area contributed by atoms with Crippen LogP contribution in [0.15, 0.2) is 30.3 Å².